The third kappa shape index (κ3) is 6.29. The molecule has 0 aliphatic carbocycles. The summed E-state index contributed by atoms with van der Waals surface area (Å²) in [7, 11) is 2.17. The van der Waals surface area contributed by atoms with Crippen molar-refractivity contribution < 1.29 is 9.53 Å². The molecular formula is C29H35N5O2. The van der Waals surface area contributed by atoms with E-state index in [0.717, 1.165) is 38.1 Å². The molecule has 2 saturated heterocycles. The number of benzene rings is 2. The first kappa shape index (κ1) is 24.4. The van der Waals surface area contributed by atoms with Crippen LogP contribution in [0.2, 0.25) is 0 Å². The molecule has 2 unspecified atom stereocenters. The molecule has 188 valence electrons. The Balaban J connectivity index is 1.08. The van der Waals surface area contributed by atoms with Crippen LogP contribution in [-0.4, -0.2) is 59.5 Å². The standard InChI is InChI=1S/C29H35N5O2/c1-33(21-25-19-28(32-31-25)23-7-3-2-4-8-23)20-22-6-5-9-27(18-22)36-26-12-16-34(17-13-26)29(35)24-10-14-30-15-11-24/h2-11,14-15,18,25-26,28,31-32H,12-13,16-17,19-21H2,1H3. The first-order chi connectivity index (χ1) is 17.6. The van der Waals surface area contributed by atoms with Crippen LogP contribution in [0.1, 0.15) is 46.8 Å². The number of aromatic nitrogens is 1. The summed E-state index contributed by atoms with van der Waals surface area (Å²) in [5, 5.41) is 0. The molecule has 0 radical (unpaired) electrons. The molecule has 0 spiro atoms. The Hall–Kier alpha value is -3.26. The zero-order chi connectivity index (χ0) is 24.7. The Morgan fingerprint density at radius 1 is 1.03 bits per heavy atom. The van der Waals surface area contributed by atoms with Crippen LogP contribution in [0.25, 0.3) is 0 Å². The first-order valence-electron chi connectivity index (χ1n) is 12.8. The van der Waals surface area contributed by atoms with Gasteiger partial charge in [0.15, 0.2) is 0 Å². The summed E-state index contributed by atoms with van der Waals surface area (Å²) < 4.78 is 6.32. The number of pyridine rings is 1. The Bertz CT molecular complexity index is 1120. The average Bonchev–Trinajstić information content (AvgIpc) is 3.38. The summed E-state index contributed by atoms with van der Waals surface area (Å²) in [5.74, 6) is 0.979. The number of carbonyl (C=O) groups is 1. The summed E-state index contributed by atoms with van der Waals surface area (Å²) >= 11 is 0. The van der Waals surface area contributed by atoms with Gasteiger partial charge in [0.25, 0.3) is 5.91 Å². The average molecular weight is 486 g/mol. The molecular weight excluding hydrogens is 450 g/mol. The van der Waals surface area contributed by atoms with Gasteiger partial charge in [-0.15, -0.1) is 0 Å². The van der Waals surface area contributed by atoms with Gasteiger partial charge < -0.3 is 14.5 Å². The number of hydrogen-bond acceptors (Lipinski definition) is 6. The molecule has 3 aromatic rings. The fourth-order valence-corrected chi connectivity index (χ4v) is 5.16. The van der Waals surface area contributed by atoms with Crippen LogP contribution in [0.3, 0.4) is 0 Å². The highest BCUT2D eigenvalue weighted by Gasteiger charge is 2.26. The van der Waals surface area contributed by atoms with Crippen LogP contribution in [-0.2, 0) is 6.54 Å². The van der Waals surface area contributed by atoms with E-state index in [1.807, 2.05) is 11.0 Å². The maximum absolute atomic E-state index is 12.7. The Kier molecular flexibility index (Phi) is 7.91. The minimum atomic E-state index is 0.0722. The Labute approximate surface area is 213 Å². The lowest BCUT2D eigenvalue weighted by atomic mass is 10.0. The Morgan fingerprint density at radius 2 is 1.81 bits per heavy atom. The lowest BCUT2D eigenvalue weighted by molar-refractivity contribution is 0.0595. The molecule has 3 heterocycles. The van der Waals surface area contributed by atoms with Crippen LogP contribution in [0.4, 0.5) is 0 Å². The van der Waals surface area contributed by atoms with Gasteiger partial charge in [0, 0.05) is 69.1 Å². The summed E-state index contributed by atoms with van der Waals surface area (Å²) in [5.41, 5.74) is 10.2. The van der Waals surface area contributed by atoms with Gasteiger partial charge in [0.2, 0.25) is 0 Å². The second-order valence-electron chi connectivity index (χ2n) is 9.87. The number of hydrogen-bond donors (Lipinski definition) is 2. The van der Waals surface area contributed by atoms with Crippen molar-refractivity contribution in [3.8, 4) is 5.75 Å². The molecule has 2 aliphatic heterocycles. The van der Waals surface area contributed by atoms with E-state index in [2.05, 4.69) is 76.3 Å². The minimum Gasteiger partial charge on any atom is -0.490 e. The molecule has 1 aromatic heterocycles. The smallest absolute Gasteiger partial charge is 0.253 e. The third-order valence-corrected chi connectivity index (χ3v) is 7.03. The lowest BCUT2D eigenvalue weighted by Crippen LogP contribution is -2.41. The van der Waals surface area contributed by atoms with Crippen LogP contribution >= 0.6 is 0 Å². The minimum absolute atomic E-state index is 0.0722. The molecule has 7 nitrogen and oxygen atoms in total. The van der Waals surface area contributed by atoms with Crippen molar-refractivity contribution in [3.63, 3.8) is 0 Å². The van der Waals surface area contributed by atoms with E-state index in [0.29, 0.717) is 30.7 Å². The van der Waals surface area contributed by atoms with E-state index in [1.54, 1.807) is 24.5 Å². The summed E-state index contributed by atoms with van der Waals surface area (Å²) in [4.78, 5) is 20.9. The number of nitrogens with one attached hydrogen (secondary N) is 2. The molecule has 0 saturated carbocycles. The molecule has 2 atom stereocenters. The molecule has 2 fully saturated rings. The summed E-state index contributed by atoms with van der Waals surface area (Å²) in [6.07, 6.45) is 6.20. The fraction of sp³-hybridized carbons (Fsp3) is 0.379. The number of nitrogens with zero attached hydrogens (tertiary/aromatic N) is 3. The monoisotopic (exact) mass is 485 g/mol. The second kappa shape index (κ2) is 11.6. The van der Waals surface area contributed by atoms with E-state index >= 15 is 0 Å². The van der Waals surface area contributed by atoms with Gasteiger partial charge in [-0.3, -0.25) is 15.2 Å². The molecule has 5 rings (SSSR count). The summed E-state index contributed by atoms with van der Waals surface area (Å²) in [6.45, 7) is 3.25. The Morgan fingerprint density at radius 3 is 2.58 bits per heavy atom. The highest BCUT2D eigenvalue weighted by Crippen LogP contribution is 2.24. The normalized spacial score (nSPS) is 20.6. The van der Waals surface area contributed by atoms with Gasteiger partial charge in [-0.2, -0.15) is 0 Å². The predicted molar refractivity (Wildman–Crippen MR) is 140 cm³/mol. The zero-order valence-electron chi connectivity index (χ0n) is 20.8. The van der Waals surface area contributed by atoms with Gasteiger partial charge in [-0.1, -0.05) is 42.5 Å². The molecule has 36 heavy (non-hydrogen) atoms. The van der Waals surface area contributed by atoms with E-state index in [9.17, 15) is 4.79 Å². The number of likely N-dealkylation sites (tertiary alicyclic amines) is 1. The van der Waals surface area contributed by atoms with Crippen molar-refractivity contribution in [2.75, 3.05) is 26.7 Å². The molecule has 7 heteroatoms. The maximum Gasteiger partial charge on any atom is 0.253 e. The van der Waals surface area contributed by atoms with Gasteiger partial charge in [0.1, 0.15) is 11.9 Å². The number of likely N-dealkylation sites (N-methyl/N-ethyl adjacent to an activating group) is 1. The number of rotatable bonds is 8. The highest BCUT2D eigenvalue weighted by atomic mass is 16.5. The number of piperidine rings is 1. The number of amides is 1. The molecule has 2 N–H and O–H groups in total. The SMILES string of the molecule is CN(Cc1cccc(OC2CCN(C(=O)c3ccncc3)CC2)c1)CC1CC(c2ccccc2)NN1. The van der Waals surface area contributed by atoms with Crippen molar-refractivity contribution in [2.45, 2.75) is 44.0 Å². The van der Waals surface area contributed by atoms with Gasteiger partial charge in [0.05, 0.1) is 0 Å². The van der Waals surface area contributed by atoms with E-state index < -0.39 is 0 Å². The van der Waals surface area contributed by atoms with E-state index in [1.165, 1.54) is 11.1 Å². The van der Waals surface area contributed by atoms with Gasteiger partial charge in [-0.25, -0.2) is 5.43 Å². The van der Waals surface area contributed by atoms with Gasteiger partial charge in [-0.05, 0) is 48.9 Å². The van der Waals surface area contributed by atoms with Crippen molar-refractivity contribution in [2.24, 2.45) is 0 Å². The lowest BCUT2D eigenvalue weighted by Gasteiger charge is -2.32. The maximum atomic E-state index is 12.7. The number of carbonyl (C=O) groups excluding carboxylic acids is 1. The number of ether oxygens (including phenoxy) is 1. The first-order valence-corrected chi connectivity index (χ1v) is 12.8. The van der Waals surface area contributed by atoms with Crippen molar-refractivity contribution in [1.82, 2.24) is 25.6 Å². The highest BCUT2D eigenvalue weighted by molar-refractivity contribution is 5.94. The zero-order valence-corrected chi connectivity index (χ0v) is 20.8. The van der Waals surface area contributed by atoms with Crippen LogP contribution in [0, 0.1) is 0 Å². The van der Waals surface area contributed by atoms with E-state index in [4.69, 9.17) is 4.74 Å². The van der Waals surface area contributed by atoms with Crippen LogP contribution < -0.4 is 15.6 Å². The van der Waals surface area contributed by atoms with E-state index in [-0.39, 0.29) is 12.0 Å². The topological polar surface area (TPSA) is 69.7 Å². The third-order valence-electron chi connectivity index (χ3n) is 7.03. The van der Waals surface area contributed by atoms with Crippen molar-refractivity contribution >= 4 is 5.91 Å². The van der Waals surface area contributed by atoms with Crippen molar-refractivity contribution in [3.05, 3.63) is 95.8 Å². The quantitative estimate of drug-likeness (QED) is 0.506. The second-order valence-corrected chi connectivity index (χ2v) is 9.87. The summed E-state index contributed by atoms with van der Waals surface area (Å²) in [6, 6.07) is 23.3. The van der Waals surface area contributed by atoms with Crippen LogP contribution in [0.5, 0.6) is 5.75 Å². The molecule has 2 aliphatic rings. The number of hydrazine groups is 1. The predicted octanol–water partition coefficient (Wildman–Crippen LogP) is 3.80. The molecule has 0 bridgehead atoms. The fourth-order valence-electron chi connectivity index (χ4n) is 5.16. The largest absolute Gasteiger partial charge is 0.490 e. The van der Waals surface area contributed by atoms with Crippen molar-refractivity contribution in [1.29, 1.82) is 0 Å². The molecule has 1 amide bonds. The molecule has 2 aromatic carbocycles. The van der Waals surface area contributed by atoms with Gasteiger partial charge >= 0.3 is 0 Å². The van der Waals surface area contributed by atoms with Crippen LogP contribution in [0.15, 0.2) is 79.1 Å².